The monoisotopic (exact) mass is 254 g/mol. The lowest BCUT2D eigenvalue weighted by Crippen LogP contribution is -2.38. The smallest absolute Gasteiger partial charge is 0.315 e. The summed E-state index contributed by atoms with van der Waals surface area (Å²) in [5.41, 5.74) is 0. The third-order valence-corrected chi connectivity index (χ3v) is 3.47. The molecule has 3 nitrogen and oxygen atoms in total. The van der Waals surface area contributed by atoms with E-state index in [-0.39, 0.29) is 18.0 Å². The number of methoxy groups -OCH3 is 1. The minimum absolute atomic E-state index is 0.189. The van der Waals surface area contributed by atoms with E-state index in [4.69, 9.17) is 9.16 Å². The molecule has 2 atom stereocenters. The number of rotatable bonds is 3. The van der Waals surface area contributed by atoms with Gasteiger partial charge in [0, 0.05) is 0 Å². The number of hydrogen-bond donors (Lipinski definition) is 0. The molecule has 17 heavy (non-hydrogen) atoms. The fourth-order valence-corrected chi connectivity index (χ4v) is 2.81. The average Bonchev–Trinajstić information content (AvgIpc) is 2.20. The molecule has 1 rings (SSSR count). The van der Waals surface area contributed by atoms with Crippen molar-refractivity contribution in [3.05, 3.63) is 24.3 Å². The van der Waals surface area contributed by atoms with Crippen LogP contribution >= 0.6 is 0 Å². The SMILES string of the molecule is COC(=O)[C@@H]1/C=C\CC/C=C\[C@H]1O[Si](C)(C)C. The van der Waals surface area contributed by atoms with Gasteiger partial charge in [0.15, 0.2) is 8.32 Å². The maximum atomic E-state index is 11.8. The Labute approximate surface area is 105 Å². The average molecular weight is 254 g/mol. The minimum Gasteiger partial charge on any atom is -0.468 e. The summed E-state index contributed by atoms with van der Waals surface area (Å²) in [4.78, 5) is 11.8. The number of hydrogen-bond acceptors (Lipinski definition) is 3. The Kier molecular flexibility index (Phi) is 5.15. The summed E-state index contributed by atoms with van der Waals surface area (Å²) in [7, 11) is -0.256. The molecule has 0 spiro atoms. The maximum absolute atomic E-state index is 11.8. The normalized spacial score (nSPS) is 28.9. The fourth-order valence-electron chi connectivity index (χ4n) is 1.76. The Balaban J connectivity index is 2.87. The van der Waals surface area contributed by atoms with Crippen LogP contribution in [0.3, 0.4) is 0 Å². The molecule has 0 amide bonds. The van der Waals surface area contributed by atoms with E-state index in [9.17, 15) is 4.79 Å². The first-order valence-corrected chi connectivity index (χ1v) is 9.44. The Morgan fingerprint density at radius 1 is 1.18 bits per heavy atom. The van der Waals surface area contributed by atoms with Crippen molar-refractivity contribution < 1.29 is 14.0 Å². The molecule has 0 radical (unpaired) electrons. The van der Waals surface area contributed by atoms with E-state index in [1.165, 1.54) is 7.11 Å². The molecule has 1 aliphatic rings. The second kappa shape index (κ2) is 6.17. The van der Waals surface area contributed by atoms with E-state index in [0.717, 1.165) is 12.8 Å². The molecule has 0 aromatic heterocycles. The molecule has 0 saturated carbocycles. The van der Waals surface area contributed by atoms with Crippen LogP contribution in [-0.2, 0) is 14.0 Å². The van der Waals surface area contributed by atoms with E-state index in [1.54, 1.807) is 0 Å². The van der Waals surface area contributed by atoms with E-state index < -0.39 is 8.32 Å². The summed E-state index contributed by atoms with van der Waals surface area (Å²) in [6, 6.07) is 0. The van der Waals surface area contributed by atoms with Crippen LogP contribution in [0.4, 0.5) is 0 Å². The first kappa shape index (κ1) is 14.2. The molecule has 4 heteroatoms. The summed E-state index contributed by atoms with van der Waals surface area (Å²) in [6.07, 6.45) is 9.81. The summed E-state index contributed by atoms with van der Waals surface area (Å²) >= 11 is 0. The van der Waals surface area contributed by atoms with Crippen LogP contribution in [0.1, 0.15) is 12.8 Å². The van der Waals surface area contributed by atoms with Crippen molar-refractivity contribution in [2.45, 2.75) is 38.6 Å². The topological polar surface area (TPSA) is 35.5 Å². The van der Waals surface area contributed by atoms with Gasteiger partial charge < -0.3 is 9.16 Å². The van der Waals surface area contributed by atoms with E-state index in [2.05, 4.69) is 25.7 Å². The molecule has 96 valence electrons. The molecule has 0 bridgehead atoms. The predicted octanol–water partition coefficient (Wildman–Crippen LogP) is 2.90. The van der Waals surface area contributed by atoms with Crippen LogP contribution in [-0.4, -0.2) is 27.5 Å². The van der Waals surface area contributed by atoms with Gasteiger partial charge in [0.25, 0.3) is 0 Å². The van der Waals surface area contributed by atoms with Gasteiger partial charge >= 0.3 is 5.97 Å². The van der Waals surface area contributed by atoms with Crippen LogP contribution in [0.25, 0.3) is 0 Å². The van der Waals surface area contributed by atoms with Gasteiger partial charge in [0.05, 0.1) is 13.2 Å². The number of ether oxygens (including phenoxy) is 1. The number of esters is 1. The van der Waals surface area contributed by atoms with Gasteiger partial charge in [-0.3, -0.25) is 4.79 Å². The van der Waals surface area contributed by atoms with Crippen LogP contribution in [0.15, 0.2) is 24.3 Å². The first-order chi connectivity index (χ1) is 7.94. The third-order valence-electron chi connectivity index (χ3n) is 2.49. The Bertz CT molecular complexity index is 315. The molecule has 0 N–H and O–H groups in total. The highest BCUT2D eigenvalue weighted by Gasteiger charge is 2.30. The van der Waals surface area contributed by atoms with E-state index >= 15 is 0 Å². The maximum Gasteiger partial charge on any atom is 0.315 e. The highest BCUT2D eigenvalue weighted by Crippen LogP contribution is 2.21. The lowest BCUT2D eigenvalue weighted by atomic mass is 9.98. The largest absolute Gasteiger partial charge is 0.468 e. The fraction of sp³-hybridized carbons (Fsp3) is 0.615. The molecule has 1 aliphatic carbocycles. The third kappa shape index (κ3) is 4.87. The number of carbonyl (C=O) groups excluding carboxylic acids is 1. The van der Waals surface area contributed by atoms with Crippen molar-refractivity contribution >= 4 is 14.3 Å². The Morgan fingerprint density at radius 2 is 1.76 bits per heavy atom. The summed E-state index contributed by atoms with van der Waals surface area (Å²) in [6.45, 7) is 6.37. The molecule has 0 aromatic carbocycles. The van der Waals surface area contributed by atoms with Gasteiger partial charge in [-0.15, -0.1) is 0 Å². The molecule has 0 saturated heterocycles. The summed E-state index contributed by atoms with van der Waals surface area (Å²) in [5, 5.41) is 0. The van der Waals surface area contributed by atoms with Crippen LogP contribution in [0.5, 0.6) is 0 Å². The van der Waals surface area contributed by atoms with Crippen molar-refractivity contribution in [3.8, 4) is 0 Å². The summed E-state index contributed by atoms with van der Waals surface area (Å²) < 4.78 is 10.9. The zero-order valence-corrected chi connectivity index (χ0v) is 12.1. The lowest BCUT2D eigenvalue weighted by molar-refractivity contribution is -0.145. The highest BCUT2D eigenvalue weighted by atomic mass is 28.4. The van der Waals surface area contributed by atoms with Crippen LogP contribution in [0, 0.1) is 5.92 Å². The number of carbonyl (C=O) groups is 1. The van der Waals surface area contributed by atoms with Crippen molar-refractivity contribution in [2.24, 2.45) is 5.92 Å². The van der Waals surface area contributed by atoms with Crippen molar-refractivity contribution in [1.29, 1.82) is 0 Å². The van der Waals surface area contributed by atoms with Crippen molar-refractivity contribution in [2.75, 3.05) is 7.11 Å². The Hall–Kier alpha value is -0.873. The lowest BCUT2D eigenvalue weighted by Gasteiger charge is -2.28. The minimum atomic E-state index is -1.68. The van der Waals surface area contributed by atoms with Gasteiger partial charge in [-0.05, 0) is 32.5 Å². The van der Waals surface area contributed by atoms with Gasteiger partial charge in [-0.2, -0.15) is 0 Å². The van der Waals surface area contributed by atoms with E-state index in [0.29, 0.717) is 0 Å². The van der Waals surface area contributed by atoms with Gasteiger partial charge in [0.2, 0.25) is 0 Å². The quantitative estimate of drug-likeness (QED) is 0.441. The molecule has 0 aromatic rings. The molecular weight excluding hydrogens is 232 g/mol. The van der Waals surface area contributed by atoms with Crippen molar-refractivity contribution in [1.82, 2.24) is 0 Å². The van der Waals surface area contributed by atoms with Crippen LogP contribution in [0.2, 0.25) is 19.6 Å². The first-order valence-electron chi connectivity index (χ1n) is 6.03. The highest BCUT2D eigenvalue weighted by molar-refractivity contribution is 6.69. The van der Waals surface area contributed by atoms with Crippen molar-refractivity contribution in [3.63, 3.8) is 0 Å². The second-order valence-electron chi connectivity index (χ2n) is 5.18. The molecule has 0 unspecified atom stereocenters. The van der Waals surface area contributed by atoms with Gasteiger partial charge in [-0.25, -0.2) is 0 Å². The van der Waals surface area contributed by atoms with Gasteiger partial charge in [-0.1, -0.05) is 24.3 Å². The zero-order chi connectivity index (χ0) is 12.9. The zero-order valence-electron chi connectivity index (χ0n) is 11.1. The summed E-state index contributed by atoms with van der Waals surface area (Å²) in [5.74, 6) is -0.542. The molecule has 0 aliphatic heterocycles. The Morgan fingerprint density at radius 3 is 2.29 bits per heavy atom. The second-order valence-corrected chi connectivity index (χ2v) is 9.64. The molecular formula is C13H22O3Si. The van der Waals surface area contributed by atoms with Gasteiger partial charge in [0.1, 0.15) is 5.92 Å². The molecule has 0 heterocycles. The predicted molar refractivity (Wildman–Crippen MR) is 71.2 cm³/mol. The number of allylic oxidation sites excluding steroid dienone is 2. The van der Waals surface area contributed by atoms with E-state index in [1.807, 2.05) is 18.2 Å². The standard InChI is InChI=1S/C13H22O3Si/c1-15-13(14)11-9-7-5-6-8-10-12(11)16-17(2,3)4/h7-12H,5-6H2,1-4H3/b9-7-,10-8-/t11-,12-/m1/s1. The van der Waals surface area contributed by atoms with Crippen LogP contribution < -0.4 is 0 Å². The molecule has 0 fully saturated rings.